The van der Waals surface area contributed by atoms with Crippen LogP contribution in [0.15, 0.2) is 76.7 Å². The van der Waals surface area contributed by atoms with E-state index in [-0.39, 0.29) is 16.1 Å². The summed E-state index contributed by atoms with van der Waals surface area (Å²) in [7, 11) is -3.45. The minimum Gasteiger partial charge on any atom is -0.257 e. The molecular weight excluding hydrogens is 513 g/mol. The van der Waals surface area contributed by atoms with Crippen LogP contribution in [-0.4, -0.2) is 32.5 Å². The lowest BCUT2D eigenvalue weighted by Gasteiger charge is -2.25. The van der Waals surface area contributed by atoms with Gasteiger partial charge in [-0.1, -0.05) is 30.3 Å². The molecule has 0 saturated carbocycles. The Morgan fingerprint density at radius 3 is 2.14 bits per heavy atom. The van der Waals surface area contributed by atoms with E-state index in [2.05, 4.69) is 5.10 Å². The maximum absolute atomic E-state index is 14.6. The maximum atomic E-state index is 14.6. The molecule has 190 valence electrons. The highest BCUT2D eigenvalue weighted by atomic mass is 32.2. The number of alkyl halides is 5. The Labute approximate surface area is 201 Å². The lowest BCUT2D eigenvalue weighted by Crippen LogP contribution is -2.43. The van der Waals surface area contributed by atoms with E-state index in [1.54, 1.807) is 6.07 Å². The summed E-state index contributed by atoms with van der Waals surface area (Å²) in [5.74, 6) is -7.33. The van der Waals surface area contributed by atoms with Gasteiger partial charge in [-0.05, 0) is 41.5 Å². The van der Waals surface area contributed by atoms with Gasteiger partial charge in [-0.2, -0.15) is 27.1 Å². The van der Waals surface area contributed by atoms with Crippen molar-refractivity contribution in [3.63, 3.8) is 0 Å². The average Bonchev–Trinajstić information content (AvgIpc) is 3.24. The number of sulfone groups is 1. The highest BCUT2D eigenvalue weighted by Crippen LogP contribution is 2.45. The minimum atomic E-state index is -5.92. The smallest absolute Gasteiger partial charge is 0.257 e. The normalized spacial score (nSPS) is 16.8. The van der Waals surface area contributed by atoms with Gasteiger partial charge in [-0.25, -0.2) is 17.2 Å². The molecule has 0 saturated heterocycles. The molecule has 1 unspecified atom stereocenters. The van der Waals surface area contributed by atoms with Crippen LogP contribution in [0.2, 0.25) is 0 Å². The van der Waals surface area contributed by atoms with E-state index in [1.807, 2.05) is 0 Å². The van der Waals surface area contributed by atoms with Gasteiger partial charge in [0, 0.05) is 24.3 Å². The standard InChI is InChI=1S/C24H17F7N2O2S/c1-36(34,35)18-8-5-14(6-9-18)15-3-2-4-17(11-15)33-21(19-10-7-16(25)12-20(19)26)13-22(32-33)23(27,28)24(29,30)31/h2-12,21H,13H2,1H3. The molecule has 1 aliphatic heterocycles. The molecule has 36 heavy (non-hydrogen) atoms. The molecule has 4 nitrogen and oxygen atoms in total. The van der Waals surface area contributed by atoms with Gasteiger partial charge in [0.25, 0.3) is 0 Å². The number of halogens is 7. The SMILES string of the molecule is CS(=O)(=O)c1ccc(-c2cccc(N3N=C(C(F)(F)C(F)(F)F)CC3c3ccc(F)cc3F)c2)cc1. The van der Waals surface area contributed by atoms with E-state index in [4.69, 9.17) is 0 Å². The second kappa shape index (κ2) is 8.91. The highest BCUT2D eigenvalue weighted by molar-refractivity contribution is 7.90. The van der Waals surface area contributed by atoms with Gasteiger partial charge >= 0.3 is 12.1 Å². The second-order valence-corrected chi connectivity index (χ2v) is 10.2. The largest absolute Gasteiger partial charge is 0.459 e. The number of hydrogen-bond acceptors (Lipinski definition) is 4. The van der Waals surface area contributed by atoms with Crippen LogP contribution in [0.3, 0.4) is 0 Å². The van der Waals surface area contributed by atoms with Gasteiger partial charge in [0.2, 0.25) is 0 Å². The van der Waals surface area contributed by atoms with Gasteiger partial charge < -0.3 is 0 Å². The van der Waals surface area contributed by atoms with Crippen LogP contribution in [-0.2, 0) is 9.84 Å². The molecule has 3 aromatic carbocycles. The van der Waals surface area contributed by atoms with Crippen molar-refractivity contribution in [3.8, 4) is 11.1 Å². The van der Waals surface area contributed by atoms with E-state index in [1.165, 1.54) is 42.5 Å². The van der Waals surface area contributed by atoms with Gasteiger partial charge in [-0.3, -0.25) is 5.01 Å². The lowest BCUT2D eigenvalue weighted by molar-refractivity contribution is -0.249. The molecule has 0 aliphatic carbocycles. The third-order valence-electron chi connectivity index (χ3n) is 5.68. The number of nitrogens with zero attached hydrogens (tertiary/aromatic N) is 2. The predicted octanol–water partition coefficient (Wildman–Crippen LogP) is 6.54. The van der Waals surface area contributed by atoms with Gasteiger partial charge in [-0.15, -0.1) is 0 Å². The van der Waals surface area contributed by atoms with Crippen LogP contribution in [0.4, 0.5) is 36.4 Å². The molecule has 0 N–H and O–H groups in total. The van der Waals surface area contributed by atoms with E-state index >= 15 is 0 Å². The van der Waals surface area contributed by atoms with E-state index in [0.717, 1.165) is 23.4 Å². The summed E-state index contributed by atoms with van der Waals surface area (Å²) in [6.07, 6.45) is -5.84. The summed E-state index contributed by atoms with van der Waals surface area (Å²) < 4.78 is 119. The summed E-state index contributed by atoms with van der Waals surface area (Å²) in [5.41, 5.74) is -0.751. The van der Waals surface area contributed by atoms with Crippen molar-refractivity contribution < 1.29 is 39.2 Å². The third-order valence-corrected chi connectivity index (χ3v) is 6.81. The van der Waals surface area contributed by atoms with Crippen LogP contribution in [0.5, 0.6) is 0 Å². The molecule has 12 heteroatoms. The van der Waals surface area contributed by atoms with Crippen molar-refractivity contribution in [1.82, 2.24) is 0 Å². The third kappa shape index (κ3) is 4.81. The number of benzene rings is 3. The fraction of sp³-hybridized carbons (Fsp3) is 0.208. The number of hydrazone groups is 1. The summed E-state index contributed by atoms with van der Waals surface area (Å²) in [6.45, 7) is 0. The Hall–Kier alpha value is -3.41. The Morgan fingerprint density at radius 2 is 1.56 bits per heavy atom. The zero-order chi connectivity index (χ0) is 26.5. The Bertz CT molecular complexity index is 1440. The van der Waals surface area contributed by atoms with Gasteiger partial charge in [0.05, 0.1) is 16.6 Å². The Morgan fingerprint density at radius 1 is 0.889 bits per heavy atom. The van der Waals surface area contributed by atoms with Crippen LogP contribution in [0.25, 0.3) is 11.1 Å². The van der Waals surface area contributed by atoms with Crippen molar-refractivity contribution in [2.45, 2.75) is 29.5 Å². The molecule has 0 aromatic heterocycles. The van der Waals surface area contributed by atoms with E-state index < -0.39 is 51.7 Å². The lowest BCUT2D eigenvalue weighted by atomic mass is 9.97. The molecule has 1 heterocycles. The topological polar surface area (TPSA) is 49.7 Å². The molecule has 0 bridgehead atoms. The molecule has 0 radical (unpaired) electrons. The first-order valence-electron chi connectivity index (χ1n) is 10.4. The molecule has 0 fully saturated rings. The Balaban J connectivity index is 1.79. The predicted molar refractivity (Wildman–Crippen MR) is 120 cm³/mol. The maximum Gasteiger partial charge on any atom is 0.459 e. The van der Waals surface area contributed by atoms with E-state index in [9.17, 15) is 39.2 Å². The van der Waals surface area contributed by atoms with Crippen LogP contribution in [0.1, 0.15) is 18.0 Å². The number of anilines is 1. The van der Waals surface area contributed by atoms with Crippen molar-refractivity contribution >= 4 is 21.2 Å². The van der Waals surface area contributed by atoms with Crippen molar-refractivity contribution in [1.29, 1.82) is 0 Å². The molecule has 1 aliphatic rings. The van der Waals surface area contributed by atoms with Crippen LogP contribution < -0.4 is 5.01 Å². The molecule has 1 atom stereocenters. The molecular formula is C24H17F7N2O2S. The molecule has 4 rings (SSSR count). The first kappa shape index (κ1) is 25.7. The van der Waals surface area contributed by atoms with Crippen molar-refractivity contribution in [2.24, 2.45) is 5.10 Å². The fourth-order valence-electron chi connectivity index (χ4n) is 3.84. The quantitative estimate of drug-likeness (QED) is 0.352. The second-order valence-electron chi connectivity index (χ2n) is 8.20. The highest BCUT2D eigenvalue weighted by Gasteiger charge is 2.63. The first-order chi connectivity index (χ1) is 16.7. The monoisotopic (exact) mass is 530 g/mol. The minimum absolute atomic E-state index is 0.0671. The molecule has 3 aromatic rings. The summed E-state index contributed by atoms with van der Waals surface area (Å²) >= 11 is 0. The number of hydrogen-bond donors (Lipinski definition) is 0. The fourth-order valence-corrected chi connectivity index (χ4v) is 4.47. The summed E-state index contributed by atoms with van der Waals surface area (Å²) in [6, 6.07) is 12.6. The van der Waals surface area contributed by atoms with Gasteiger partial charge in [0.15, 0.2) is 9.84 Å². The zero-order valence-corrected chi connectivity index (χ0v) is 19.2. The molecule has 0 amide bonds. The Kier molecular flexibility index (Phi) is 6.36. The summed E-state index contributed by atoms with van der Waals surface area (Å²) in [5, 5.41) is 4.39. The van der Waals surface area contributed by atoms with E-state index in [0.29, 0.717) is 17.2 Å². The van der Waals surface area contributed by atoms with Gasteiger partial charge in [0.1, 0.15) is 17.3 Å². The van der Waals surface area contributed by atoms with Crippen molar-refractivity contribution in [2.75, 3.05) is 11.3 Å². The number of rotatable bonds is 5. The average molecular weight is 530 g/mol. The van der Waals surface area contributed by atoms with Crippen LogP contribution in [0, 0.1) is 11.6 Å². The van der Waals surface area contributed by atoms with Crippen molar-refractivity contribution in [3.05, 3.63) is 83.9 Å². The van der Waals surface area contributed by atoms with Crippen LogP contribution >= 0.6 is 0 Å². The first-order valence-corrected chi connectivity index (χ1v) is 12.2. The molecule has 0 spiro atoms. The summed E-state index contributed by atoms with van der Waals surface area (Å²) in [4.78, 5) is 0.0671. The zero-order valence-electron chi connectivity index (χ0n) is 18.4.